The van der Waals surface area contributed by atoms with E-state index in [2.05, 4.69) is 20.3 Å². The highest BCUT2D eigenvalue weighted by Crippen LogP contribution is 2.24. The Morgan fingerprint density at radius 3 is 2.66 bits per heavy atom. The largest absolute Gasteiger partial charge is 0.457 e. The van der Waals surface area contributed by atoms with Crippen molar-refractivity contribution >= 4 is 41.1 Å². The van der Waals surface area contributed by atoms with E-state index in [1.807, 2.05) is 48.5 Å². The first-order valence-corrected chi connectivity index (χ1v) is 10.4. The maximum atomic E-state index is 12.5. The van der Waals surface area contributed by atoms with Gasteiger partial charge in [0.15, 0.2) is 12.4 Å². The minimum Gasteiger partial charge on any atom is -0.457 e. The van der Waals surface area contributed by atoms with Crippen molar-refractivity contribution in [3.8, 4) is 0 Å². The number of carbonyl (C=O) groups excluding carboxylic acids is 2. The third-order valence-electron chi connectivity index (χ3n) is 4.94. The summed E-state index contributed by atoms with van der Waals surface area (Å²) >= 11 is 6.18. The third kappa shape index (κ3) is 5.30. The van der Waals surface area contributed by atoms with Crippen LogP contribution in [0.1, 0.15) is 17.8 Å². The molecule has 1 atom stereocenters. The highest BCUT2D eigenvalue weighted by atomic mass is 35.5. The molecule has 164 valence electrons. The predicted octanol–water partition coefficient (Wildman–Crippen LogP) is 2.94. The number of rotatable bonds is 7. The molecule has 0 saturated carbocycles. The summed E-state index contributed by atoms with van der Waals surface area (Å²) in [5.74, 6) is -0.710. The number of ether oxygens (including phenoxy) is 1. The van der Waals surface area contributed by atoms with E-state index in [9.17, 15) is 9.59 Å². The second-order valence-corrected chi connectivity index (χ2v) is 7.71. The number of nitrogens with zero attached hydrogens (tertiary/aromatic N) is 4. The average molecular weight is 453 g/mol. The molecule has 1 amide bonds. The molecule has 1 aliphatic heterocycles. The zero-order chi connectivity index (χ0) is 22.5. The number of hydrogen-bond acceptors (Lipinski definition) is 8. The second-order valence-electron chi connectivity index (χ2n) is 7.30. The SMILES string of the molecule is Nc1nc(COC(=O)[C@@H]2CC(=O)N(Cc3ccccc3Cl)C2)nc(Nc2ccccc2)n1. The van der Waals surface area contributed by atoms with Crippen LogP contribution in [0.4, 0.5) is 17.6 Å². The van der Waals surface area contributed by atoms with Gasteiger partial charge in [-0.3, -0.25) is 9.59 Å². The number of para-hydroxylation sites is 1. The zero-order valence-corrected chi connectivity index (χ0v) is 17.8. The lowest BCUT2D eigenvalue weighted by Crippen LogP contribution is -2.26. The minimum absolute atomic E-state index is 0.00596. The average Bonchev–Trinajstić information content (AvgIpc) is 3.14. The van der Waals surface area contributed by atoms with Gasteiger partial charge in [-0.25, -0.2) is 0 Å². The third-order valence-corrected chi connectivity index (χ3v) is 5.31. The molecule has 1 fully saturated rings. The number of nitrogens with two attached hydrogens (primary N) is 1. The lowest BCUT2D eigenvalue weighted by Gasteiger charge is -2.17. The van der Waals surface area contributed by atoms with Gasteiger partial charge in [0.05, 0.1) is 5.92 Å². The summed E-state index contributed by atoms with van der Waals surface area (Å²) in [7, 11) is 0. The monoisotopic (exact) mass is 452 g/mol. The molecule has 4 rings (SSSR count). The van der Waals surface area contributed by atoms with E-state index in [0.717, 1.165) is 11.3 Å². The van der Waals surface area contributed by atoms with Crippen LogP contribution in [-0.2, 0) is 27.5 Å². The summed E-state index contributed by atoms with van der Waals surface area (Å²) < 4.78 is 5.36. The Morgan fingerprint density at radius 1 is 1.12 bits per heavy atom. The standard InChI is InChI=1S/C22H21ClN6O3/c23-17-9-5-4-6-14(17)11-29-12-15(10-19(29)30)20(31)32-13-18-26-21(24)28-22(27-18)25-16-7-2-1-3-8-16/h1-9,15H,10-13H2,(H3,24,25,26,27,28)/t15-/m1/s1. The first-order chi connectivity index (χ1) is 15.5. The van der Waals surface area contributed by atoms with Crippen molar-refractivity contribution in [3.63, 3.8) is 0 Å². The van der Waals surface area contributed by atoms with Crippen molar-refractivity contribution in [2.24, 2.45) is 5.92 Å². The summed E-state index contributed by atoms with van der Waals surface area (Å²) in [6.07, 6.45) is 0.0867. The Balaban J connectivity index is 1.34. The van der Waals surface area contributed by atoms with Gasteiger partial charge in [-0.1, -0.05) is 48.0 Å². The Labute approximate surface area is 189 Å². The Bertz CT molecular complexity index is 1130. The lowest BCUT2D eigenvalue weighted by atomic mass is 10.1. The first kappa shape index (κ1) is 21.5. The van der Waals surface area contributed by atoms with Crippen LogP contribution >= 0.6 is 11.6 Å². The molecule has 10 heteroatoms. The molecule has 0 unspecified atom stereocenters. The van der Waals surface area contributed by atoms with Gasteiger partial charge >= 0.3 is 5.97 Å². The number of carbonyl (C=O) groups is 2. The number of anilines is 3. The predicted molar refractivity (Wildman–Crippen MR) is 119 cm³/mol. The first-order valence-electron chi connectivity index (χ1n) is 9.98. The molecule has 1 saturated heterocycles. The number of nitrogens with one attached hydrogen (secondary N) is 1. The van der Waals surface area contributed by atoms with Crippen LogP contribution < -0.4 is 11.1 Å². The number of hydrogen-bond donors (Lipinski definition) is 2. The Kier molecular flexibility index (Phi) is 6.46. The summed E-state index contributed by atoms with van der Waals surface area (Å²) in [4.78, 5) is 38.8. The Morgan fingerprint density at radius 2 is 1.88 bits per heavy atom. The highest BCUT2D eigenvalue weighted by molar-refractivity contribution is 6.31. The van der Waals surface area contributed by atoms with Gasteiger partial charge in [0.1, 0.15) is 0 Å². The van der Waals surface area contributed by atoms with Crippen LogP contribution in [0.5, 0.6) is 0 Å². The molecule has 0 spiro atoms. The van der Waals surface area contributed by atoms with Gasteiger partial charge in [-0.2, -0.15) is 15.0 Å². The fraction of sp³-hybridized carbons (Fsp3) is 0.227. The highest BCUT2D eigenvalue weighted by Gasteiger charge is 2.35. The number of benzene rings is 2. The van der Waals surface area contributed by atoms with Crippen LogP contribution in [0.15, 0.2) is 54.6 Å². The fourth-order valence-corrected chi connectivity index (χ4v) is 3.57. The maximum Gasteiger partial charge on any atom is 0.311 e. The molecule has 1 aromatic heterocycles. The molecule has 2 aromatic carbocycles. The topological polar surface area (TPSA) is 123 Å². The number of nitrogen functional groups attached to an aromatic ring is 1. The van der Waals surface area contributed by atoms with Crippen LogP contribution in [0.25, 0.3) is 0 Å². The number of amides is 1. The molecule has 2 heterocycles. The normalized spacial score (nSPS) is 15.6. The summed E-state index contributed by atoms with van der Waals surface area (Å²) in [6, 6.07) is 16.6. The molecule has 3 aromatic rings. The van der Waals surface area contributed by atoms with Crippen molar-refractivity contribution < 1.29 is 14.3 Å². The fourth-order valence-electron chi connectivity index (χ4n) is 3.38. The zero-order valence-electron chi connectivity index (χ0n) is 17.1. The molecule has 3 N–H and O–H groups in total. The van der Waals surface area contributed by atoms with Crippen LogP contribution in [0, 0.1) is 5.92 Å². The molecular weight excluding hydrogens is 432 g/mol. The lowest BCUT2D eigenvalue weighted by molar-refractivity contribution is -0.150. The van der Waals surface area contributed by atoms with Crippen LogP contribution in [-0.4, -0.2) is 38.3 Å². The van der Waals surface area contributed by atoms with E-state index in [-0.39, 0.29) is 43.2 Å². The number of likely N-dealkylation sites (tertiary alicyclic amines) is 1. The number of aromatic nitrogens is 3. The van der Waals surface area contributed by atoms with Gasteiger partial charge < -0.3 is 20.7 Å². The summed E-state index contributed by atoms with van der Waals surface area (Å²) in [5, 5.41) is 3.60. The van der Waals surface area contributed by atoms with Crippen LogP contribution in [0.3, 0.4) is 0 Å². The number of halogens is 1. The summed E-state index contributed by atoms with van der Waals surface area (Å²) in [5.41, 5.74) is 7.37. The molecule has 0 radical (unpaired) electrons. The van der Waals surface area contributed by atoms with E-state index in [1.54, 1.807) is 11.0 Å². The maximum absolute atomic E-state index is 12.5. The van der Waals surface area contributed by atoms with Crippen molar-refractivity contribution in [1.29, 1.82) is 0 Å². The van der Waals surface area contributed by atoms with E-state index in [0.29, 0.717) is 11.6 Å². The van der Waals surface area contributed by atoms with Gasteiger partial charge in [0, 0.05) is 30.2 Å². The van der Waals surface area contributed by atoms with Gasteiger partial charge in [-0.15, -0.1) is 0 Å². The molecule has 32 heavy (non-hydrogen) atoms. The van der Waals surface area contributed by atoms with Crippen molar-refractivity contribution in [3.05, 3.63) is 71.0 Å². The molecule has 9 nitrogen and oxygen atoms in total. The molecule has 1 aliphatic rings. The van der Waals surface area contributed by atoms with Crippen molar-refractivity contribution in [1.82, 2.24) is 19.9 Å². The van der Waals surface area contributed by atoms with E-state index in [1.165, 1.54) is 0 Å². The van der Waals surface area contributed by atoms with Crippen molar-refractivity contribution in [2.45, 2.75) is 19.6 Å². The van der Waals surface area contributed by atoms with Gasteiger partial charge in [0.2, 0.25) is 17.8 Å². The second kappa shape index (κ2) is 9.61. The van der Waals surface area contributed by atoms with Crippen molar-refractivity contribution in [2.75, 3.05) is 17.6 Å². The smallest absolute Gasteiger partial charge is 0.311 e. The summed E-state index contributed by atoms with van der Waals surface area (Å²) in [6.45, 7) is 0.439. The molecular formula is C22H21ClN6O3. The van der Waals surface area contributed by atoms with Gasteiger partial charge in [-0.05, 0) is 23.8 Å². The van der Waals surface area contributed by atoms with E-state index >= 15 is 0 Å². The van der Waals surface area contributed by atoms with Crippen LogP contribution in [0.2, 0.25) is 5.02 Å². The minimum atomic E-state index is -0.564. The Hall–Kier alpha value is -3.72. The quantitative estimate of drug-likeness (QED) is 0.524. The number of esters is 1. The van der Waals surface area contributed by atoms with E-state index in [4.69, 9.17) is 22.1 Å². The van der Waals surface area contributed by atoms with E-state index < -0.39 is 11.9 Å². The van der Waals surface area contributed by atoms with Gasteiger partial charge in [0.25, 0.3) is 0 Å². The molecule has 0 aliphatic carbocycles. The molecule has 0 bridgehead atoms.